The summed E-state index contributed by atoms with van der Waals surface area (Å²) in [6, 6.07) is 5.41. The van der Waals surface area contributed by atoms with E-state index < -0.39 is 0 Å². The number of H-pyrrole nitrogens is 1. The SMILES string of the molecule is C=C(/C=C\C(F)=C/C)c1cc(CNc2nc(Nc3cc(C(C)C)[nH]n3)cc(OCCN3CCOCC3)n2)on1. The first-order valence-electron chi connectivity index (χ1n) is 12.9. The first-order chi connectivity index (χ1) is 18.9. The summed E-state index contributed by atoms with van der Waals surface area (Å²) in [5.41, 5.74) is 2.05. The van der Waals surface area contributed by atoms with Crippen molar-refractivity contribution in [2.75, 3.05) is 50.1 Å². The van der Waals surface area contributed by atoms with Gasteiger partial charge in [-0.3, -0.25) is 10.00 Å². The van der Waals surface area contributed by atoms with Crippen LogP contribution in [0.5, 0.6) is 5.88 Å². The number of anilines is 3. The van der Waals surface area contributed by atoms with Gasteiger partial charge in [0.15, 0.2) is 11.6 Å². The lowest BCUT2D eigenvalue weighted by Gasteiger charge is -2.26. The number of nitrogens with one attached hydrogen (secondary N) is 3. The predicted octanol–water partition coefficient (Wildman–Crippen LogP) is 4.82. The van der Waals surface area contributed by atoms with Crippen molar-refractivity contribution in [1.29, 1.82) is 0 Å². The molecule has 4 rings (SSSR count). The van der Waals surface area contributed by atoms with Gasteiger partial charge >= 0.3 is 0 Å². The molecule has 1 aliphatic heterocycles. The predicted molar refractivity (Wildman–Crippen MR) is 148 cm³/mol. The zero-order chi connectivity index (χ0) is 27.6. The highest BCUT2D eigenvalue weighted by Gasteiger charge is 2.13. The molecule has 208 valence electrons. The van der Waals surface area contributed by atoms with Crippen molar-refractivity contribution in [2.45, 2.75) is 33.2 Å². The van der Waals surface area contributed by atoms with Crippen LogP contribution in [-0.4, -0.2) is 69.7 Å². The maximum atomic E-state index is 13.4. The molecule has 3 N–H and O–H groups in total. The normalized spacial score (nSPS) is 14.7. The fourth-order valence-corrected chi connectivity index (χ4v) is 3.65. The van der Waals surface area contributed by atoms with E-state index in [-0.39, 0.29) is 12.4 Å². The summed E-state index contributed by atoms with van der Waals surface area (Å²) in [5, 5.41) is 17.7. The number of aromatic nitrogens is 5. The smallest absolute Gasteiger partial charge is 0.228 e. The Hall–Kier alpha value is -4.03. The summed E-state index contributed by atoms with van der Waals surface area (Å²) in [6.45, 7) is 14.5. The van der Waals surface area contributed by atoms with E-state index in [1.54, 1.807) is 25.1 Å². The van der Waals surface area contributed by atoms with Crippen LogP contribution in [0.2, 0.25) is 0 Å². The summed E-state index contributed by atoms with van der Waals surface area (Å²) < 4.78 is 30.2. The van der Waals surface area contributed by atoms with Gasteiger partial charge in [0.25, 0.3) is 0 Å². The molecular formula is C27H35FN8O3. The van der Waals surface area contributed by atoms with Crippen LogP contribution in [0.15, 0.2) is 53.4 Å². The van der Waals surface area contributed by atoms with Gasteiger partial charge in [-0.1, -0.05) is 37.7 Å². The van der Waals surface area contributed by atoms with Crippen LogP contribution < -0.4 is 15.4 Å². The Morgan fingerprint density at radius 1 is 1.21 bits per heavy atom. The monoisotopic (exact) mass is 538 g/mol. The summed E-state index contributed by atoms with van der Waals surface area (Å²) in [5.74, 6) is 2.43. The van der Waals surface area contributed by atoms with E-state index >= 15 is 0 Å². The first-order valence-corrected chi connectivity index (χ1v) is 12.9. The number of ether oxygens (including phenoxy) is 2. The quantitative estimate of drug-likeness (QED) is 0.261. The molecule has 0 amide bonds. The van der Waals surface area contributed by atoms with Crippen LogP contribution in [-0.2, 0) is 11.3 Å². The third-order valence-electron chi connectivity index (χ3n) is 5.97. The number of morpholine rings is 1. The number of hydrogen-bond donors (Lipinski definition) is 3. The zero-order valence-electron chi connectivity index (χ0n) is 22.5. The molecule has 3 aromatic heterocycles. The molecule has 4 heterocycles. The topological polar surface area (TPSA) is 126 Å². The molecule has 0 spiro atoms. The van der Waals surface area contributed by atoms with E-state index in [0.29, 0.717) is 53.0 Å². The Morgan fingerprint density at radius 3 is 2.77 bits per heavy atom. The standard InChI is InChI=1S/C27H35FN8O3/c1-5-20(28)7-6-19(4)23-14-21(39-35-23)17-29-27-31-24(30-25-15-22(18(2)3)33-34-25)16-26(32-27)38-13-10-36-8-11-37-12-9-36/h5-7,14-16,18H,4,8-13,17H2,1-3H3,(H3,29,30,31,32,33,34)/b7-6-,20-5+. The fourth-order valence-electron chi connectivity index (χ4n) is 3.65. The van der Waals surface area contributed by atoms with Gasteiger partial charge in [0.05, 0.1) is 19.8 Å². The van der Waals surface area contributed by atoms with Crippen LogP contribution in [0, 0.1) is 0 Å². The second-order valence-corrected chi connectivity index (χ2v) is 9.27. The number of hydrogen-bond acceptors (Lipinski definition) is 10. The Balaban J connectivity index is 1.43. The second kappa shape index (κ2) is 13.7. The lowest BCUT2D eigenvalue weighted by atomic mass is 10.1. The van der Waals surface area contributed by atoms with Crippen LogP contribution in [0.25, 0.3) is 5.57 Å². The van der Waals surface area contributed by atoms with Gasteiger partial charge < -0.3 is 24.6 Å². The third-order valence-corrected chi connectivity index (χ3v) is 5.97. The molecule has 39 heavy (non-hydrogen) atoms. The summed E-state index contributed by atoms with van der Waals surface area (Å²) in [4.78, 5) is 11.4. The van der Waals surface area contributed by atoms with Gasteiger partial charge in [0.2, 0.25) is 11.8 Å². The number of nitrogens with zero attached hydrogens (tertiary/aromatic N) is 5. The molecule has 12 heteroatoms. The highest BCUT2D eigenvalue weighted by Crippen LogP contribution is 2.23. The number of allylic oxidation sites excluding steroid dienone is 5. The maximum absolute atomic E-state index is 13.4. The highest BCUT2D eigenvalue weighted by molar-refractivity contribution is 5.69. The molecule has 3 aromatic rings. The van der Waals surface area contributed by atoms with E-state index in [9.17, 15) is 4.39 Å². The minimum Gasteiger partial charge on any atom is -0.476 e. The Bertz CT molecular complexity index is 1290. The third kappa shape index (κ3) is 8.48. The number of rotatable bonds is 13. The molecule has 1 saturated heterocycles. The van der Waals surface area contributed by atoms with Crippen molar-refractivity contribution >= 4 is 23.2 Å². The van der Waals surface area contributed by atoms with E-state index in [4.69, 9.17) is 14.0 Å². The largest absolute Gasteiger partial charge is 0.476 e. The van der Waals surface area contributed by atoms with Crippen molar-refractivity contribution < 1.29 is 18.4 Å². The number of halogens is 1. The minimum absolute atomic E-state index is 0.268. The Morgan fingerprint density at radius 2 is 2.03 bits per heavy atom. The van der Waals surface area contributed by atoms with E-state index in [0.717, 1.165) is 38.5 Å². The van der Waals surface area contributed by atoms with Crippen LogP contribution in [0.1, 0.15) is 43.8 Å². The average Bonchev–Trinajstić information content (AvgIpc) is 3.61. The van der Waals surface area contributed by atoms with Gasteiger partial charge in [0.1, 0.15) is 23.9 Å². The Labute approximate surface area is 227 Å². The van der Waals surface area contributed by atoms with Crippen molar-refractivity contribution in [1.82, 2.24) is 30.2 Å². The van der Waals surface area contributed by atoms with E-state index in [1.807, 2.05) is 6.07 Å². The summed E-state index contributed by atoms with van der Waals surface area (Å²) in [6.07, 6.45) is 4.23. The van der Waals surface area contributed by atoms with E-state index in [1.165, 1.54) is 12.2 Å². The molecule has 0 atom stereocenters. The molecular weight excluding hydrogens is 503 g/mol. The zero-order valence-corrected chi connectivity index (χ0v) is 22.5. The molecule has 0 aliphatic carbocycles. The molecule has 1 aliphatic rings. The second-order valence-electron chi connectivity index (χ2n) is 9.27. The lowest BCUT2D eigenvalue weighted by Crippen LogP contribution is -2.38. The van der Waals surface area contributed by atoms with Gasteiger partial charge in [0, 0.05) is 43.5 Å². The van der Waals surface area contributed by atoms with Gasteiger partial charge in [-0.05, 0) is 24.5 Å². The molecule has 0 aromatic carbocycles. The molecule has 0 saturated carbocycles. The van der Waals surface area contributed by atoms with E-state index in [2.05, 4.69) is 61.3 Å². The van der Waals surface area contributed by atoms with Gasteiger partial charge in [-0.25, -0.2) is 4.39 Å². The lowest BCUT2D eigenvalue weighted by molar-refractivity contribution is 0.0320. The number of aromatic amines is 1. The summed E-state index contributed by atoms with van der Waals surface area (Å²) >= 11 is 0. The van der Waals surface area contributed by atoms with Crippen LogP contribution >= 0.6 is 0 Å². The molecule has 0 radical (unpaired) electrons. The molecule has 0 unspecified atom stereocenters. The maximum Gasteiger partial charge on any atom is 0.228 e. The van der Waals surface area contributed by atoms with Gasteiger partial charge in [-0.15, -0.1) is 0 Å². The fraction of sp³-hybridized carbons (Fsp3) is 0.407. The van der Waals surface area contributed by atoms with Gasteiger partial charge in [-0.2, -0.15) is 15.1 Å². The van der Waals surface area contributed by atoms with Crippen molar-refractivity contribution in [3.8, 4) is 5.88 Å². The van der Waals surface area contributed by atoms with Crippen molar-refractivity contribution in [2.24, 2.45) is 0 Å². The van der Waals surface area contributed by atoms with Crippen LogP contribution in [0.4, 0.5) is 22.0 Å². The Kier molecular flexibility index (Phi) is 9.81. The highest BCUT2D eigenvalue weighted by atomic mass is 19.1. The van der Waals surface area contributed by atoms with Crippen molar-refractivity contribution in [3.63, 3.8) is 0 Å². The molecule has 1 fully saturated rings. The molecule has 11 nitrogen and oxygen atoms in total. The van der Waals surface area contributed by atoms with Crippen molar-refractivity contribution in [3.05, 3.63) is 66.0 Å². The molecule has 0 bridgehead atoms. The summed E-state index contributed by atoms with van der Waals surface area (Å²) in [7, 11) is 0. The minimum atomic E-state index is -0.356. The first kappa shape index (κ1) is 28.0. The van der Waals surface area contributed by atoms with Crippen LogP contribution in [0.3, 0.4) is 0 Å². The average molecular weight is 539 g/mol.